The summed E-state index contributed by atoms with van der Waals surface area (Å²) >= 11 is 0. The van der Waals surface area contributed by atoms with Crippen LogP contribution in [-0.2, 0) is 57.1 Å². The van der Waals surface area contributed by atoms with Crippen molar-refractivity contribution in [3.63, 3.8) is 0 Å². The highest BCUT2D eigenvalue weighted by Gasteiger charge is 2.85. The highest BCUT2D eigenvalue weighted by molar-refractivity contribution is 5.97. The van der Waals surface area contributed by atoms with Crippen LogP contribution < -0.4 is 0 Å². The van der Waals surface area contributed by atoms with Crippen molar-refractivity contribution in [2.75, 3.05) is 20.3 Å². The SMILES string of the molecule is COC(=O)[C@@]12OCC34C([C@@H](O)C1O)[C@@]1(C)C=C(O[C@@H]5O[C@H](CO)[C@@H](O)[C@H](O)[C@H]5O)C(=O)C(C)C1C[C@H]3OC(=O)[C@H](OC(=O)/C=C(\C)C(C)(C)OC(C)=O)[C@H]42. The van der Waals surface area contributed by atoms with Crippen LogP contribution in [0, 0.1) is 34.5 Å². The van der Waals surface area contributed by atoms with Crippen molar-refractivity contribution >= 4 is 29.7 Å². The van der Waals surface area contributed by atoms with Gasteiger partial charge in [-0.05, 0) is 50.2 Å². The van der Waals surface area contributed by atoms with Gasteiger partial charge in [0.1, 0.15) is 42.2 Å². The molecule has 0 radical (unpaired) electrons. The molecule has 6 rings (SSSR count). The van der Waals surface area contributed by atoms with Gasteiger partial charge >= 0.3 is 23.9 Å². The molecule has 1 spiro atoms. The number of esters is 4. The number of allylic oxidation sites excluding steroid dienone is 2. The largest absolute Gasteiger partial charge is 0.467 e. The minimum absolute atomic E-state index is 0.00828. The molecule has 3 saturated heterocycles. The van der Waals surface area contributed by atoms with Crippen LogP contribution in [0.1, 0.15) is 48.0 Å². The third kappa shape index (κ3) is 5.63. The first-order valence-electron chi connectivity index (χ1n) is 17.8. The van der Waals surface area contributed by atoms with Gasteiger partial charge < -0.3 is 63.8 Å². The number of methoxy groups -OCH3 is 1. The molecule has 2 saturated carbocycles. The number of rotatable bonds is 8. The number of hydrogen-bond acceptors (Lipinski definition) is 18. The first kappa shape index (κ1) is 40.2. The summed E-state index contributed by atoms with van der Waals surface area (Å²) in [6.07, 6.45) is -12.9. The summed E-state index contributed by atoms with van der Waals surface area (Å²) in [6.45, 7) is 7.89. The minimum Gasteiger partial charge on any atom is -0.467 e. The number of hydrogen-bond donors (Lipinski definition) is 6. The maximum absolute atomic E-state index is 13.9. The van der Waals surface area contributed by atoms with Crippen molar-refractivity contribution in [2.45, 2.75) is 114 Å². The number of carbonyl (C=O) groups is 5. The minimum atomic E-state index is -2.43. The zero-order chi connectivity index (χ0) is 40.0. The van der Waals surface area contributed by atoms with Crippen molar-refractivity contribution < 1.29 is 87.8 Å². The molecule has 6 aliphatic rings. The normalized spacial score (nSPS) is 45.6. The van der Waals surface area contributed by atoms with Crippen molar-refractivity contribution in [1.29, 1.82) is 0 Å². The zero-order valence-electron chi connectivity index (χ0n) is 30.9. The van der Waals surface area contributed by atoms with Crippen molar-refractivity contribution in [3.8, 4) is 0 Å². The summed E-state index contributed by atoms with van der Waals surface area (Å²) in [5.41, 5.74) is -6.34. The van der Waals surface area contributed by atoms with E-state index in [-0.39, 0.29) is 17.8 Å². The number of fused-ring (bicyclic) bond motifs is 2. The van der Waals surface area contributed by atoms with Crippen molar-refractivity contribution in [3.05, 3.63) is 23.5 Å². The molecule has 16 atom stereocenters. The van der Waals surface area contributed by atoms with Gasteiger partial charge in [0.15, 0.2) is 11.5 Å². The zero-order valence-corrected chi connectivity index (χ0v) is 30.9. The average Bonchev–Trinajstić information content (AvgIpc) is 3.41. The quantitative estimate of drug-likeness (QED) is 0.0881. The lowest BCUT2D eigenvalue weighted by atomic mass is 9.38. The van der Waals surface area contributed by atoms with Crippen LogP contribution in [0.5, 0.6) is 0 Å². The van der Waals surface area contributed by atoms with E-state index < -0.39 is 144 Å². The van der Waals surface area contributed by atoms with Gasteiger partial charge in [-0.25, -0.2) is 14.4 Å². The molecular weight excluding hydrogens is 720 g/mol. The Bertz CT molecular complexity index is 1650. The summed E-state index contributed by atoms with van der Waals surface area (Å²) in [5, 5.41) is 65.1. The van der Waals surface area contributed by atoms with E-state index >= 15 is 0 Å². The molecule has 3 heterocycles. The van der Waals surface area contributed by atoms with Crippen LogP contribution in [0.15, 0.2) is 23.5 Å². The fourth-order valence-electron chi connectivity index (χ4n) is 10.1. The first-order chi connectivity index (χ1) is 25.1. The van der Waals surface area contributed by atoms with E-state index in [0.29, 0.717) is 0 Å². The van der Waals surface area contributed by atoms with E-state index in [2.05, 4.69) is 0 Å². The van der Waals surface area contributed by atoms with E-state index in [1.54, 1.807) is 13.8 Å². The molecule has 3 aliphatic heterocycles. The third-order valence-electron chi connectivity index (χ3n) is 12.8. The molecule has 54 heavy (non-hydrogen) atoms. The predicted octanol–water partition coefficient (Wildman–Crippen LogP) is -2.05. The smallest absolute Gasteiger partial charge is 0.348 e. The molecule has 18 heteroatoms. The van der Waals surface area contributed by atoms with Crippen LogP contribution >= 0.6 is 0 Å². The van der Waals surface area contributed by atoms with E-state index in [4.69, 9.17) is 33.2 Å². The molecule has 5 unspecified atom stereocenters. The second-order valence-electron chi connectivity index (χ2n) is 16.0. The van der Waals surface area contributed by atoms with Crippen molar-refractivity contribution in [2.24, 2.45) is 34.5 Å². The standard InChI is InChI=1S/C36H48O18/c1-13(33(4,5)54-15(3)38)8-20(39)53-26-28-35-12-49-36(28,32(47)48-7)29(45)25(44)27(35)34(6)10-17(21(40)14(2)16(34)9-19(35)52-30(26)46)50-31-24(43)23(42)22(41)18(11-37)51-31/h8,10,14,16,18-19,22-29,31,37,41-45H,9,11-12H2,1-7H3/b13-8+/t14?,16?,18-,19-,22-,23+,24-,25-,26-,27?,28-,29?,31-,34+,35?,36+/m1/s1. The van der Waals surface area contributed by atoms with Gasteiger partial charge in [-0.1, -0.05) is 13.8 Å². The lowest BCUT2D eigenvalue weighted by Gasteiger charge is -2.67. The Labute approximate surface area is 309 Å². The third-order valence-corrected chi connectivity index (χ3v) is 12.8. The number of aliphatic hydroxyl groups excluding tert-OH is 6. The summed E-state index contributed by atoms with van der Waals surface area (Å²) in [4.78, 5) is 66.7. The Hall–Kier alpha value is -3.49. The van der Waals surface area contributed by atoms with Gasteiger partial charge in [-0.15, -0.1) is 0 Å². The molecular formula is C36H48O18. The van der Waals surface area contributed by atoms with Crippen LogP contribution in [0.4, 0.5) is 0 Å². The molecule has 6 N–H and O–H groups in total. The van der Waals surface area contributed by atoms with Crippen LogP contribution in [0.3, 0.4) is 0 Å². The Morgan fingerprint density at radius 1 is 1.02 bits per heavy atom. The van der Waals surface area contributed by atoms with Gasteiger partial charge in [0.05, 0.1) is 32.3 Å². The highest BCUT2D eigenvalue weighted by Crippen LogP contribution is 2.72. The molecule has 2 bridgehead atoms. The molecule has 0 amide bonds. The van der Waals surface area contributed by atoms with Gasteiger partial charge in [0, 0.05) is 30.3 Å². The Kier molecular flexibility index (Phi) is 10.1. The van der Waals surface area contributed by atoms with Crippen LogP contribution in [0.2, 0.25) is 0 Å². The molecule has 300 valence electrons. The average molecular weight is 769 g/mol. The monoisotopic (exact) mass is 768 g/mol. The topological polar surface area (TPSA) is 271 Å². The number of Topliss-reactive ketones (excluding diaryl/α,β-unsaturated/α-hetero) is 1. The molecule has 0 aromatic rings. The number of aliphatic hydroxyl groups is 6. The maximum atomic E-state index is 13.9. The molecule has 18 nitrogen and oxygen atoms in total. The Morgan fingerprint density at radius 3 is 2.30 bits per heavy atom. The van der Waals surface area contributed by atoms with Gasteiger partial charge in [0.2, 0.25) is 18.0 Å². The second-order valence-corrected chi connectivity index (χ2v) is 16.0. The lowest BCUT2D eigenvalue weighted by molar-refractivity contribution is -0.296. The molecule has 3 aliphatic carbocycles. The fraction of sp³-hybridized carbons (Fsp3) is 0.750. The van der Waals surface area contributed by atoms with Gasteiger partial charge in [-0.3, -0.25) is 9.59 Å². The number of carbonyl (C=O) groups excluding carboxylic acids is 5. The molecule has 0 aromatic heterocycles. The van der Waals surface area contributed by atoms with E-state index in [1.807, 2.05) is 0 Å². The number of ketones is 1. The first-order valence-corrected chi connectivity index (χ1v) is 17.8. The van der Waals surface area contributed by atoms with E-state index in [1.165, 1.54) is 33.8 Å². The molecule has 5 fully saturated rings. The van der Waals surface area contributed by atoms with E-state index in [9.17, 15) is 54.6 Å². The van der Waals surface area contributed by atoms with Gasteiger partial charge in [0.25, 0.3) is 0 Å². The Balaban J connectivity index is 1.45. The summed E-state index contributed by atoms with van der Waals surface area (Å²) in [5.74, 6) is -9.12. The summed E-state index contributed by atoms with van der Waals surface area (Å²) in [7, 11) is 1.03. The van der Waals surface area contributed by atoms with Crippen LogP contribution in [-0.4, -0.2) is 147 Å². The van der Waals surface area contributed by atoms with E-state index in [0.717, 1.165) is 13.2 Å². The lowest BCUT2D eigenvalue weighted by Crippen LogP contribution is -2.79. The predicted molar refractivity (Wildman–Crippen MR) is 175 cm³/mol. The second kappa shape index (κ2) is 13.6. The maximum Gasteiger partial charge on any atom is 0.348 e. The molecule has 0 aromatic carbocycles. The Morgan fingerprint density at radius 2 is 1.69 bits per heavy atom. The number of ether oxygens (including phenoxy) is 7. The highest BCUT2D eigenvalue weighted by atomic mass is 16.7. The summed E-state index contributed by atoms with van der Waals surface area (Å²) < 4.78 is 39.7. The van der Waals surface area contributed by atoms with Gasteiger partial charge in [-0.2, -0.15) is 0 Å². The van der Waals surface area contributed by atoms with Crippen LogP contribution in [0.25, 0.3) is 0 Å². The summed E-state index contributed by atoms with van der Waals surface area (Å²) in [6, 6.07) is 0. The van der Waals surface area contributed by atoms with Crippen molar-refractivity contribution in [1.82, 2.24) is 0 Å². The fourth-order valence-corrected chi connectivity index (χ4v) is 10.1.